The van der Waals surface area contributed by atoms with Gasteiger partial charge in [-0.25, -0.2) is 0 Å². The highest BCUT2D eigenvalue weighted by atomic mass is 127. The van der Waals surface area contributed by atoms with Crippen LogP contribution < -0.4 is 16.0 Å². The molecule has 0 aromatic carbocycles. The van der Waals surface area contributed by atoms with Crippen LogP contribution in [0.15, 0.2) is 27.8 Å². The van der Waals surface area contributed by atoms with Gasteiger partial charge >= 0.3 is 0 Å². The predicted molar refractivity (Wildman–Crippen MR) is 123 cm³/mol. The van der Waals surface area contributed by atoms with Gasteiger partial charge in [0.1, 0.15) is 0 Å². The maximum Gasteiger partial charge on any atom is 0.287 e. The number of carbonyl (C=O) groups excluding carboxylic acids is 2. The van der Waals surface area contributed by atoms with Crippen LogP contribution in [-0.4, -0.2) is 61.4 Å². The van der Waals surface area contributed by atoms with E-state index in [4.69, 9.17) is 4.42 Å². The van der Waals surface area contributed by atoms with Crippen molar-refractivity contribution < 1.29 is 14.0 Å². The summed E-state index contributed by atoms with van der Waals surface area (Å²) in [7, 11) is 0. The molecule has 1 aromatic heterocycles. The van der Waals surface area contributed by atoms with Crippen molar-refractivity contribution >= 4 is 41.8 Å². The zero-order valence-electron chi connectivity index (χ0n) is 17.0. The summed E-state index contributed by atoms with van der Waals surface area (Å²) >= 11 is 0. The number of halogens is 1. The lowest BCUT2D eigenvalue weighted by Crippen LogP contribution is -2.45. The lowest BCUT2D eigenvalue weighted by atomic mass is 10.1. The Bertz CT molecular complexity index is 674. The van der Waals surface area contributed by atoms with E-state index in [0.717, 1.165) is 44.9 Å². The number of amides is 2. The average molecular weight is 517 g/mol. The molecule has 1 aromatic rings. The van der Waals surface area contributed by atoms with Crippen LogP contribution in [-0.2, 0) is 4.79 Å². The first-order valence-corrected chi connectivity index (χ1v) is 10.3. The van der Waals surface area contributed by atoms with Crippen LogP contribution in [0.4, 0.5) is 0 Å². The third kappa shape index (κ3) is 6.90. The molecule has 2 aliphatic rings. The smallest absolute Gasteiger partial charge is 0.287 e. The molecule has 3 rings (SSSR count). The van der Waals surface area contributed by atoms with Crippen LogP contribution in [0.3, 0.4) is 0 Å². The maximum absolute atomic E-state index is 12.6. The van der Waals surface area contributed by atoms with E-state index in [1.807, 2.05) is 11.8 Å². The summed E-state index contributed by atoms with van der Waals surface area (Å²) < 4.78 is 5.06. The Kier molecular flexibility index (Phi) is 9.75. The molecule has 29 heavy (non-hydrogen) atoms. The molecule has 1 atom stereocenters. The summed E-state index contributed by atoms with van der Waals surface area (Å²) in [4.78, 5) is 30.9. The van der Waals surface area contributed by atoms with Crippen LogP contribution in [0.25, 0.3) is 0 Å². The van der Waals surface area contributed by atoms with Crippen LogP contribution in [0, 0.1) is 5.92 Å². The number of guanidine groups is 1. The summed E-state index contributed by atoms with van der Waals surface area (Å²) in [6.07, 6.45) is 6.85. The van der Waals surface area contributed by atoms with Gasteiger partial charge in [0, 0.05) is 38.1 Å². The van der Waals surface area contributed by atoms with Gasteiger partial charge in [-0.15, -0.1) is 24.0 Å². The molecule has 1 aliphatic heterocycles. The Morgan fingerprint density at radius 3 is 2.72 bits per heavy atom. The van der Waals surface area contributed by atoms with E-state index < -0.39 is 0 Å². The van der Waals surface area contributed by atoms with Crippen LogP contribution in [0.5, 0.6) is 0 Å². The van der Waals surface area contributed by atoms with Gasteiger partial charge in [-0.1, -0.05) is 12.8 Å². The van der Waals surface area contributed by atoms with Gasteiger partial charge in [-0.3, -0.25) is 14.6 Å². The number of nitrogens with zero attached hydrogens (tertiary/aromatic N) is 2. The second kappa shape index (κ2) is 12.0. The molecule has 2 amide bonds. The fourth-order valence-electron chi connectivity index (χ4n) is 3.85. The van der Waals surface area contributed by atoms with Crippen molar-refractivity contribution in [1.29, 1.82) is 0 Å². The second-order valence-corrected chi connectivity index (χ2v) is 7.39. The number of furan rings is 1. The molecule has 0 bridgehead atoms. The number of rotatable bonds is 7. The fraction of sp³-hybridized carbons (Fsp3) is 0.650. The molecule has 1 unspecified atom stereocenters. The average Bonchev–Trinajstić information content (AvgIpc) is 3.47. The van der Waals surface area contributed by atoms with Gasteiger partial charge in [0.05, 0.1) is 12.8 Å². The van der Waals surface area contributed by atoms with E-state index in [1.165, 1.54) is 19.1 Å². The van der Waals surface area contributed by atoms with Crippen molar-refractivity contribution in [1.82, 2.24) is 20.9 Å². The molecule has 8 nitrogen and oxygen atoms in total. The third-order valence-electron chi connectivity index (χ3n) is 5.30. The Hall–Kier alpha value is -1.78. The lowest BCUT2D eigenvalue weighted by molar-refractivity contribution is -0.134. The van der Waals surface area contributed by atoms with Crippen molar-refractivity contribution in [2.24, 2.45) is 10.9 Å². The number of nitrogens with one attached hydrogen (secondary N) is 3. The highest BCUT2D eigenvalue weighted by molar-refractivity contribution is 14.0. The minimum Gasteiger partial charge on any atom is -0.459 e. The molecule has 2 fully saturated rings. The molecular formula is C20H32IN5O3. The van der Waals surface area contributed by atoms with Crippen molar-refractivity contribution in [3.05, 3.63) is 24.2 Å². The molecule has 0 spiro atoms. The van der Waals surface area contributed by atoms with Crippen molar-refractivity contribution in [3.63, 3.8) is 0 Å². The van der Waals surface area contributed by atoms with Crippen molar-refractivity contribution in [2.45, 2.75) is 45.1 Å². The number of carbonyl (C=O) groups is 2. The van der Waals surface area contributed by atoms with Gasteiger partial charge in [0.15, 0.2) is 11.7 Å². The van der Waals surface area contributed by atoms with E-state index >= 15 is 0 Å². The normalized spacial score (nSPS) is 19.7. The molecule has 1 saturated carbocycles. The summed E-state index contributed by atoms with van der Waals surface area (Å²) in [5.41, 5.74) is 0. The molecule has 162 valence electrons. The summed E-state index contributed by atoms with van der Waals surface area (Å²) in [6.45, 7) is 5.19. The van der Waals surface area contributed by atoms with E-state index in [0.29, 0.717) is 24.8 Å². The third-order valence-corrected chi connectivity index (χ3v) is 5.30. The van der Waals surface area contributed by atoms with Gasteiger partial charge in [0.2, 0.25) is 5.91 Å². The van der Waals surface area contributed by atoms with E-state index in [9.17, 15) is 9.59 Å². The van der Waals surface area contributed by atoms with Crippen LogP contribution in [0.2, 0.25) is 0 Å². The molecule has 1 saturated heterocycles. The first kappa shape index (κ1) is 23.5. The fourth-order valence-corrected chi connectivity index (χ4v) is 3.85. The lowest BCUT2D eigenvalue weighted by Gasteiger charge is -2.21. The summed E-state index contributed by atoms with van der Waals surface area (Å²) in [5, 5.41) is 9.43. The van der Waals surface area contributed by atoms with Gasteiger partial charge in [-0.05, 0) is 38.3 Å². The van der Waals surface area contributed by atoms with Gasteiger partial charge in [-0.2, -0.15) is 0 Å². The largest absolute Gasteiger partial charge is 0.459 e. The minimum atomic E-state index is -0.241. The van der Waals surface area contributed by atoms with Gasteiger partial charge < -0.3 is 25.3 Å². The molecule has 0 radical (unpaired) electrons. The van der Waals surface area contributed by atoms with Crippen LogP contribution in [0.1, 0.15) is 49.6 Å². The Morgan fingerprint density at radius 1 is 1.24 bits per heavy atom. The zero-order chi connectivity index (χ0) is 19.8. The van der Waals surface area contributed by atoms with Gasteiger partial charge in [0.25, 0.3) is 5.91 Å². The molecule has 9 heteroatoms. The Labute approximate surface area is 189 Å². The van der Waals surface area contributed by atoms with Crippen molar-refractivity contribution in [2.75, 3.05) is 32.7 Å². The highest BCUT2D eigenvalue weighted by Gasteiger charge is 2.32. The highest BCUT2D eigenvalue weighted by Crippen LogP contribution is 2.27. The number of hydrogen-bond donors (Lipinski definition) is 3. The number of likely N-dealkylation sites (tertiary alicyclic amines) is 1. The Morgan fingerprint density at radius 2 is 2.03 bits per heavy atom. The quantitative estimate of drug-likeness (QED) is 0.223. The molecule has 2 heterocycles. The second-order valence-electron chi connectivity index (χ2n) is 7.39. The minimum absolute atomic E-state index is 0. The molecular weight excluding hydrogens is 485 g/mol. The van der Waals surface area contributed by atoms with Crippen molar-refractivity contribution in [3.8, 4) is 0 Å². The SMILES string of the molecule is CCNC(=NCCNC(=O)c1ccco1)NC1CCN(C(=O)C2CCCC2)C1.I. The molecule has 3 N–H and O–H groups in total. The zero-order valence-corrected chi connectivity index (χ0v) is 19.3. The van der Waals surface area contributed by atoms with Crippen LogP contribution >= 0.6 is 24.0 Å². The predicted octanol–water partition coefficient (Wildman–Crippen LogP) is 1.97. The van der Waals surface area contributed by atoms with E-state index in [1.54, 1.807) is 12.1 Å². The maximum atomic E-state index is 12.6. The summed E-state index contributed by atoms with van der Waals surface area (Å²) in [6, 6.07) is 3.52. The standard InChI is InChI=1S/C20H31N5O3.HI/c1-2-21-20(23-11-10-22-18(26)17-8-5-13-28-17)24-16-9-12-25(14-16)19(27)15-6-3-4-7-15;/h5,8,13,15-16H,2-4,6-7,9-12,14H2,1H3,(H,22,26)(H2,21,23,24);1H. The monoisotopic (exact) mass is 517 g/mol. The topological polar surface area (TPSA) is 99.0 Å². The number of hydrogen-bond acceptors (Lipinski definition) is 4. The van der Waals surface area contributed by atoms with E-state index in [2.05, 4.69) is 20.9 Å². The van der Waals surface area contributed by atoms with E-state index in [-0.39, 0.29) is 41.8 Å². The molecule has 1 aliphatic carbocycles. The number of aliphatic imine (C=N–C) groups is 1. The summed E-state index contributed by atoms with van der Waals surface area (Å²) in [5.74, 6) is 1.33. The Balaban J connectivity index is 0.00000300. The first-order chi connectivity index (χ1) is 13.7. The first-order valence-electron chi connectivity index (χ1n) is 10.3.